The standard InChI is InChI=1S/C21H21NOS/c1-21(23,17-11-13-18(24-2)14-12-17)20(16-8-4-3-5-9-16)19-10-6-7-15-22-19/h3-15,20,23H,1-2H3. The molecule has 3 rings (SSSR count). The van der Waals surface area contributed by atoms with Gasteiger partial charge in [0.25, 0.3) is 0 Å². The molecule has 24 heavy (non-hydrogen) atoms. The van der Waals surface area contributed by atoms with Crippen LogP contribution >= 0.6 is 11.8 Å². The number of pyridine rings is 1. The van der Waals surface area contributed by atoms with Crippen molar-refractivity contribution >= 4 is 11.8 Å². The van der Waals surface area contributed by atoms with E-state index in [2.05, 4.69) is 17.1 Å². The van der Waals surface area contributed by atoms with Gasteiger partial charge in [0, 0.05) is 11.1 Å². The molecule has 0 amide bonds. The third-order valence-electron chi connectivity index (χ3n) is 4.35. The van der Waals surface area contributed by atoms with E-state index in [-0.39, 0.29) is 5.92 Å². The monoisotopic (exact) mass is 335 g/mol. The normalized spacial score (nSPS) is 14.8. The van der Waals surface area contributed by atoms with Crippen molar-refractivity contribution in [3.8, 4) is 0 Å². The Hall–Kier alpha value is -2.10. The summed E-state index contributed by atoms with van der Waals surface area (Å²) in [6.07, 6.45) is 3.83. The fraction of sp³-hybridized carbons (Fsp3) is 0.190. The summed E-state index contributed by atoms with van der Waals surface area (Å²) in [4.78, 5) is 5.70. The molecule has 0 aliphatic carbocycles. The summed E-state index contributed by atoms with van der Waals surface area (Å²) in [6, 6.07) is 24.0. The van der Waals surface area contributed by atoms with Crippen molar-refractivity contribution in [2.45, 2.75) is 23.3 Å². The van der Waals surface area contributed by atoms with Crippen LogP contribution in [0.5, 0.6) is 0 Å². The van der Waals surface area contributed by atoms with Gasteiger partial charge in [-0.1, -0.05) is 48.5 Å². The van der Waals surface area contributed by atoms with E-state index in [4.69, 9.17) is 0 Å². The number of benzene rings is 2. The lowest BCUT2D eigenvalue weighted by Crippen LogP contribution is -2.31. The second-order valence-electron chi connectivity index (χ2n) is 5.97. The lowest BCUT2D eigenvalue weighted by atomic mass is 9.76. The second kappa shape index (κ2) is 7.20. The minimum absolute atomic E-state index is 0.236. The van der Waals surface area contributed by atoms with Gasteiger partial charge in [0.15, 0.2) is 0 Å². The lowest BCUT2D eigenvalue weighted by molar-refractivity contribution is 0.0380. The molecule has 2 atom stereocenters. The highest BCUT2D eigenvalue weighted by atomic mass is 32.2. The molecule has 0 bridgehead atoms. The van der Waals surface area contributed by atoms with E-state index < -0.39 is 5.60 Å². The average Bonchev–Trinajstić information content (AvgIpc) is 2.63. The Morgan fingerprint density at radius 1 is 0.917 bits per heavy atom. The molecular weight excluding hydrogens is 314 g/mol. The van der Waals surface area contributed by atoms with Gasteiger partial charge in [-0.3, -0.25) is 4.98 Å². The van der Waals surface area contributed by atoms with Gasteiger partial charge in [-0.2, -0.15) is 0 Å². The summed E-state index contributed by atoms with van der Waals surface area (Å²) in [5.74, 6) is -0.236. The van der Waals surface area contributed by atoms with Crippen molar-refractivity contribution in [3.63, 3.8) is 0 Å². The number of rotatable bonds is 5. The molecule has 122 valence electrons. The maximum absolute atomic E-state index is 11.5. The Labute approximate surface area is 147 Å². The Bertz CT molecular complexity index is 730. The predicted octanol–water partition coefficient (Wildman–Crippen LogP) is 4.84. The zero-order valence-electron chi connectivity index (χ0n) is 13.9. The molecule has 0 aliphatic heterocycles. The Balaban J connectivity index is 2.09. The fourth-order valence-electron chi connectivity index (χ4n) is 3.07. The van der Waals surface area contributed by atoms with E-state index in [1.807, 2.05) is 73.8 Å². The van der Waals surface area contributed by atoms with Crippen molar-refractivity contribution < 1.29 is 5.11 Å². The molecule has 2 unspecified atom stereocenters. The van der Waals surface area contributed by atoms with Gasteiger partial charge in [-0.05, 0) is 48.6 Å². The van der Waals surface area contributed by atoms with Gasteiger partial charge < -0.3 is 5.11 Å². The first-order valence-corrected chi connectivity index (χ1v) is 9.18. The minimum atomic E-state index is -1.06. The van der Waals surface area contributed by atoms with E-state index in [9.17, 15) is 5.11 Å². The summed E-state index contributed by atoms with van der Waals surface area (Å²) in [7, 11) is 0. The third-order valence-corrected chi connectivity index (χ3v) is 5.10. The Morgan fingerprint density at radius 2 is 1.58 bits per heavy atom. The van der Waals surface area contributed by atoms with Crippen LogP contribution in [-0.2, 0) is 5.60 Å². The Kier molecular flexibility index (Phi) is 5.03. The molecule has 0 fully saturated rings. The quantitative estimate of drug-likeness (QED) is 0.677. The molecule has 0 spiro atoms. The molecule has 0 saturated carbocycles. The zero-order valence-corrected chi connectivity index (χ0v) is 14.7. The largest absolute Gasteiger partial charge is 0.384 e. The van der Waals surface area contributed by atoms with Crippen LogP contribution in [0.3, 0.4) is 0 Å². The molecule has 0 aliphatic rings. The summed E-state index contributed by atoms with van der Waals surface area (Å²) in [6.45, 7) is 1.87. The van der Waals surface area contributed by atoms with E-state index in [1.165, 1.54) is 4.90 Å². The molecule has 1 N–H and O–H groups in total. The van der Waals surface area contributed by atoms with Gasteiger partial charge in [0.2, 0.25) is 0 Å². The molecular formula is C21H21NOS. The maximum atomic E-state index is 11.5. The number of aromatic nitrogens is 1. The van der Waals surface area contributed by atoms with Crippen LogP contribution in [-0.4, -0.2) is 16.3 Å². The van der Waals surface area contributed by atoms with Crippen LogP contribution in [0.4, 0.5) is 0 Å². The molecule has 0 radical (unpaired) electrons. The summed E-state index contributed by atoms with van der Waals surface area (Å²) in [5, 5.41) is 11.5. The smallest absolute Gasteiger partial charge is 0.0992 e. The highest BCUT2D eigenvalue weighted by molar-refractivity contribution is 7.98. The minimum Gasteiger partial charge on any atom is -0.384 e. The average molecular weight is 335 g/mol. The molecule has 3 heteroatoms. The number of thioether (sulfide) groups is 1. The molecule has 1 aromatic heterocycles. The van der Waals surface area contributed by atoms with Crippen LogP contribution in [0.1, 0.15) is 29.7 Å². The van der Waals surface area contributed by atoms with E-state index in [0.717, 1.165) is 16.8 Å². The van der Waals surface area contributed by atoms with E-state index in [0.29, 0.717) is 0 Å². The first-order valence-electron chi connectivity index (χ1n) is 7.95. The number of hydrogen-bond donors (Lipinski definition) is 1. The van der Waals surface area contributed by atoms with Gasteiger partial charge in [-0.25, -0.2) is 0 Å². The van der Waals surface area contributed by atoms with Crippen molar-refractivity contribution in [1.29, 1.82) is 0 Å². The summed E-state index contributed by atoms with van der Waals surface area (Å²) < 4.78 is 0. The second-order valence-corrected chi connectivity index (χ2v) is 6.85. The van der Waals surface area contributed by atoms with Gasteiger partial charge in [0.1, 0.15) is 0 Å². The van der Waals surface area contributed by atoms with Gasteiger partial charge in [-0.15, -0.1) is 11.8 Å². The van der Waals surface area contributed by atoms with Gasteiger partial charge >= 0.3 is 0 Å². The van der Waals surface area contributed by atoms with Crippen molar-refractivity contribution in [1.82, 2.24) is 4.98 Å². The van der Waals surface area contributed by atoms with Crippen LogP contribution < -0.4 is 0 Å². The van der Waals surface area contributed by atoms with Crippen LogP contribution in [0.15, 0.2) is 83.9 Å². The van der Waals surface area contributed by atoms with E-state index in [1.54, 1.807) is 18.0 Å². The number of hydrogen-bond acceptors (Lipinski definition) is 3. The summed E-state index contributed by atoms with van der Waals surface area (Å²) in [5.41, 5.74) is 1.74. The van der Waals surface area contributed by atoms with Gasteiger partial charge in [0.05, 0.1) is 17.2 Å². The first kappa shape index (κ1) is 16.7. The lowest BCUT2D eigenvalue weighted by Gasteiger charge is -2.33. The number of nitrogens with zero attached hydrogens (tertiary/aromatic N) is 1. The van der Waals surface area contributed by atoms with Crippen molar-refractivity contribution in [2.75, 3.05) is 6.26 Å². The van der Waals surface area contributed by atoms with Crippen molar-refractivity contribution in [2.24, 2.45) is 0 Å². The molecule has 1 heterocycles. The molecule has 3 aromatic rings. The van der Waals surface area contributed by atoms with Crippen LogP contribution in [0, 0.1) is 0 Å². The molecule has 2 aromatic carbocycles. The zero-order chi connectivity index (χ0) is 17.0. The highest BCUT2D eigenvalue weighted by Gasteiger charge is 2.36. The van der Waals surface area contributed by atoms with Crippen molar-refractivity contribution in [3.05, 3.63) is 95.8 Å². The highest BCUT2D eigenvalue weighted by Crippen LogP contribution is 2.41. The third kappa shape index (κ3) is 3.37. The topological polar surface area (TPSA) is 33.1 Å². The molecule has 0 saturated heterocycles. The Morgan fingerprint density at radius 3 is 2.17 bits per heavy atom. The van der Waals surface area contributed by atoms with Crippen LogP contribution in [0.25, 0.3) is 0 Å². The predicted molar refractivity (Wildman–Crippen MR) is 100 cm³/mol. The fourth-order valence-corrected chi connectivity index (χ4v) is 3.48. The van der Waals surface area contributed by atoms with E-state index >= 15 is 0 Å². The SMILES string of the molecule is CSc1ccc(C(C)(O)C(c2ccccc2)c2ccccn2)cc1. The molecule has 2 nitrogen and oxygen atoms in total. The maximum Gasteiger partial charge on any atom is 0.0992 e. The summed E-state index contributed by atoms with van der Waals surface area (Å²) >= 11 is 1.70. The number of aliphatic hydroxyl groups is 1. The first-order chi connectivity index (χ1) is 11.6. The van der Waals surface area contributed by atoms with Crippen LogP contribution in [0.2, 0.25) is 0 Å².